The van der Waals surface area contributed by atoms with Crippen molar-refractivity contribution >= 4 is 82.5 Å². The SMILES string of the molecule is c1ccc(-c2ccc(N(c3ccc(-c4cccc5oc6ccccc6c45)cc3)c3cc4ccccc4c4ccccc34)c3oc4ccccc4c23)cc1. The van der Waals surface area contributed by atoms with Gasteiger partial charge < -0.3 is 13.7 Å². The quantitative estimate of drug-likeness (QED) is 0.170. The van der Waals surface area contributed by atoms with Gasteiger partial charge >= 0.3 is 0 Å². The molecule has 0 unspecified atom stereocenters. The van der Waals surface area contributed by atoms with Gasteiger partial charge in [-0.05, 0) is 80.9 Å². The van der Waals surface area contributed by atoms with Gasteiger partial charge in [0, 0.05) is 32.6 Å². The van der Waals surface area contributed by atoms with E-state index in [0.29, 0.717) is 0 Å². The molecule has 53 heavy (non-hydrogen) atoms. The summed E-state index contributed by atoms with van der Waals surface area (Å²) in [6.45, 7) is 0. The summed E-state index contributed by atoms with van der Waals surface area (Å²) in [5.74, 6) is 0. The zero-order chi connectivity index (χ0) is 34.9. The molecule has 0 atom stereocenters. The second-order valence-corrected chi connectivity index (χ2v) is 13.6. The Morgan fingerprint density at radius 3 is 1.72 bits per heavy atom. The van der Waals surface area contributed by atoms with E-state index in [-0.39, 0.29) is 0 Å². The third-order valence-corrected chi connectivity index (χ3v) is 10.7. The molecule has 248 valence electrons. The van der Waals surface area contributed by atoms with Crippen LogP contribution in [0.4, 0.5) is 17.1 Å². The minimum atomic E-state index is 0.850. The average molecular weight is 678 g/mol. The lowest BCUT2D eigenvalue weighted by Gasteiger charge is -2.28. The first-order valence-corrected chi connectivity index (χ1v) is 18.0. The van der Waals surface area contributed by atoms with Crippen LogP contribution in [0.5, 0.6) is 0 Å². The molecule has 0 bridgehead atoms. The molecule has 3 nitrogen and oxygen atoms in total. The fraction of sp³-hybridized carbons (Fsp3) is 0. The van der Waals surface area contributed by atoms with Gasteiger partial charge in [0.2, 0.25) is 0 Å². The largest absolute Gasteiger partial charge is 0.456 e. The summed E-state index contributed by atoms with van der Waals surface area (Å²) in [7, 11) is 0. The van der Waals surface area contributed by atoms with Gasteiger partial charge in [-0.2, -0.15) is 0 Å². The highest BCUT2D eigenvalue weighted by atomic mass is 16.3. The molecular formula is C50H31NO2. The van der Waals surface area contributed by atoms with Crippen LogP contribution in [-0.2, 0) is 0 Å². The highest BCUT2D eigenvalue weighted by molar-refractivity contribution is 6.19. The van der Waals surface area contributed by atoms with E-state index in [4.69, 9.17) is 8.83 Å². The number of hydrogen-bond donors (Lipinski definition) is 0. The van der Waals surface area contributed by atoms with Crippen LogP contribution >= 0.6 is 0 Å². The molecule has 0 saturated carbocycles. The summed E-state index contributed by atoms with van der Waals surface area (Å²) < 4.78 is 13.1. The van der Waals surface area contributed by atoms with Crippen LogP contribution in [0.2, 0.25) is 0 Å². The Hall–Kier alpha value is -7.10. The number of hydrogen-bond acceptors (Lipinski definition) is 3. The molecule has 0 radical (unpaired) electrons. The molecule has 0 aliphatic heterocycles. The summed E-state index contributed by atoms with van der Waals surface area (Å²) in [4.78, 5) is 2.38. The highest BCUT2D eigenvalue weighted by Gasteiger charge is 2.24. The molecule has 9 aromatic carbocycles. The predicted octanol–water partition coefficient (Wildman–Crippen LogP) is 14.6. The lowest BCUT2D eigenvalue weighted by molar-refractivity contribution is 0.668. The monoisotopic (exact) mass is 677 g/mol. The second-order valence-electron chi connectivity index (χ2n) is 13.6. The Balaban J connectivity index is 1.19. The molecule has 0 amide bonds. The van der Waals surface area contributed by atoms with Gasteiger partial charge in [-0.1, -0.05) is 146 Å². The molecule has 0 aliphatic rings. The van der Waals surface area contributed by atoms with Gasteiger partial charge in [-0.25, -0.2) is 0 Å². The maximum atomic E-state index is 6.89. The molecule has 0 aliphatic carbocycles. The Morgan fingerprint density at radius 1 is 0.340 bits per heavy atom. The minimum Gasteiger partial charge on any atom is -0.456 e. The average Bonchev–Trinajstić information content (AvgIpc) is 3.81. The van der Waals surface area contributed by atoms with Crippen molar-refractivity contribution in [2.75, 3.05) is 4.90 Å². The van der Waals surface area contributed by atoms with Gasteiger partial charge in [-0.3, -0.25) is 0 Å². The first-order chi connectivity index (χ1) is 26.3. The molecule has 0 N–H and O–H groups in total. The van der Waals surface area contributed by atoms with Gasteiger partial charge in [0.15, 0.2) is 5.58 Å². The molecule has 0 saturated heterocycles. The van der Waals surface area contributed by atoms with E-state index in [0.717, 1.165) is 83.2 Å². The summed E-state index contributed by atoms with van der Waals surface area (Å²) in [6.07, 6.45) is 0. The van der Waals surface area contributed by atoms with Crippen molar-refractivity contribution in [1.29, 1.82) is 0 Å². The number of rotatable bonds is 5. The van der Waals surface area contributed by atoms with E-state index in [2.05, 4.69) is 175 Å². The number of anilines is 3. The van der Waals surface area contributed by atoms with Crippen molar-refractivity contribution in [3.8, 4) is 22.3 Å². The van der Waals surface area contributed by atoms with E-state index in [1.165, 1.54) is 21.5 Å². The molecule has 11 rings (SSSR count). The predicted molar refractivity (Wildman–Crippen MR) is 222 cm³/mol. The molecule has 2 aromatic heterocycles. The first-order valence-electron chi connectivity index (χ1n) is 18.0. The summed E-state index contributed by atoms with van der Waals surface area (Å²) in [6, 6.07) is 66.7. The zero-order valence-electron chi connectivity index (χ0n) is 28.7. The van der Waals surface area contributed by atoms with Crippen molar-refractivity contribution in [2.24, 2.45) is 0 Å². The zero-order valence-corrected chi connectivity index (χ0v) is 28.7. The van der Waals surface area contributed by atoms with Crippen molar-refractivity contribution in [1.82, 2.24) is 0 Å². The van der Waals surface area contributed by atoms with Crippen LogP contribution in [-0.4, -0.2) is 0 Å². The van der Waals surface area contributed by atoms with Crippen molar-refractivity contribution < 1.29 is 8.83 Å². The van der Waals surface area contributed by atoms with Crippen molar-refractivity contribution in [3.63, 3.8) is 0 Å². The number of benzene rings is 9. The number of nitrogens with zero attached hydrogens (tertiary/aromatic N) is 1. The molecule has 0 spiro atoms. The van der Waals surface area contributed by atoms with E-state index < -0.39 is 0 Å². The Kier molecular flexibility index (Phi) is 6.55. The molecular weight excluding hydrogens is 647 g/mol. The summed E-state index contributed by atoms with van der Waals surface area (Å²) in [5, 5.41) is 9.26. The maximum absolute atomic E-state index is 6.89. The van der Waals surface area contributed by atoms with E-state index in [1.54, 1.807) is 0 Å². The minimum absolute atomic E-state index is 0.850. The lowest BCUT2D eigenvalue weighted by atomic mass is 9.96. The third-order valence-electron chi connectivity index (χ3n) is 10.7. The van der Waals surface area contributed by atoms with Crippen LogP contribution < -0.4 is 4.90 Å². The maximum Gasteiger partial charge on any atom is 0.160 e. The standard InChI is InChI=1S/C50H31NO2/c1-2-13-32(14-3-1)38-29-30-43(50-49(38)42-20-9-11-23-46(42)53-50)51(44-31-34-15-4-5-16-36(34)39-17-6-7-18-40(39)44)35-27-25-33(26-28-35)37-21-12-24-47-48(37)41-19-8-10-22-45(41)52-47/h1-31H. The first kappa shape index (κ1) is 29.6. The van der Waals surface area contributed by atoms with Crippen LogP contribution in [0.15, 0.2) is 197 Å². The third kappa shape index (κ3) is 4.61. The van der Waals surface area contributed by atoms with Gasteiger partial charge in [0.25, 0.3) is 0 Å². The van der Waals surface area contributed by atoms with Crippen LogP contribution in [0.3, 0.4) is 0 Å². The normalized spacial score (nSPS) is 11.8. The van der Waals surface area contributed by atoms with Gasteiger partial charge in [0.05, 0.1) is 11.4 Å². The van der Waals surface area contributed by atoms with Crippen LogP contribution in [0.25, 0.3) is 87.7 Å². The van der Waals surface area contributed by atoms with E-state index in [1.807, 2.05) is 18.2 Å². The molecule has 2 heterocycles. The fourth-order valence-electron chi connectivity index (χ4n) is 8.28. The summed E-state index contributed by atoms with van der Waals surface area (Å²) >= 11 is 0. The molecule has 3 heteroatoms. The Labute approximate surface area is 305 Å². The van der Waals surface area contributed by atoms with Crippen LogP contribution in [0, 0.1) is 0 Å². The molecule has 0 fully saturated rings. The highest BCUT2D eigenvalue weighted by Crippen LogP contribution is 2.48. The lowest BCUT2D eigenvalue weighted by Crippen LogP contribution is -2.11. The summed E-state index contributed by atoms with van der Waals surface area (Å²) in [5.41, 5.74) is 11.2. The van der Waals surface area contributed by atoms with E-state index >= 15 is 0 Å². The van der Waals surface area contributed by atoms with Gasteiger partial charge in [0.1, 0.15) is 16.7 Å². The van der Waals surface area contributed by atoms with Crippen molar-refractivity contribution in [2.45, 2.75) is 0 Å². The van der Waals surface area contributed by atoms with Gasteiger partial charge in [-0.15, -0.1) is 0 Å². The number of furan rings is 2. The topological polar surface area (TPSA) is 29.5 Å². The Bertz CT molecular complexity index is 3170. The number of para-hydroxylation sites is 2. The van der Waals surface area contributed by atoms with Crippen LogP contribution in [0.1, 0.15) is 0 Å². The smallest absolute Gasteiger partial charge is 0.160 e. The molecule has 11 aromatic rings. The second kappa shape index (κ2) is 11.7. The van der Waals surface area contributed by atoms with Crippen molar-refractivity contribution in [3.05, 3.63) is 188 Å². The fourth-order valence-corrected chi connectivity index (χ4v) is 8.28. The van der Waals surface area contributed by atoms with E-state index in [9.17, 15) is 0 Å². The number of fused-ring (bicyclic) bond motifs is 9. The Morgan fingerprint density at radius 2 is 0.925 bits per heavy atom.